The molecule has 0 bridgehead atoms. The van der Waals surface area contributed by atoms with Crippen molar-refractivity contribution in [2.75, 3.05) is 45.3 Å². The van der Waals surface area contributed by atoms with Gasteiger partial charge in [0.25, 0.3) is 0 Å². The zero-order chi connectivity index (χ0) is 21.8. The fourth-order valence-electron chi connectivity index (χ4n) is 3.84. The zero-order valence-electron chi connectivity index (χ0n) is 18.0. The van der Waals surface area contributed by atoms with E-state index in [9.17, 15) is 4.79 Å². The van der Waals surface area contributed by atoms with E-state index in [0.717, 1.165) is 22.3 Å². The maximum atomic E-state index is 12.7. The van der Waals surface area contributed by atoms with E-state index in [4.69, 9.17) is 9.47 Å². The van der Waals surface area contributed by atoms with Crippen LogP contribution < -0.4 is 19.7 Å². The number of carbonyl (C=O) groups is 1. The first-order valence-electron chi connectivity index (χ1n) is 10.3. The van der Waals surface area contributed by atoms with Crippen molar-refractivity contribution in [3.8, 4) is 11.5 Å². The lowest BCUT2D eigenvalue weighted by molar-refractivity contribution is 0.191. The molecule has 1 aromatic heterocycles. The first-order chi connectivity index (χ1) is 15.1. The zero-order valence-corrected chi connectivity index (χ0v) is 18.0. The second-order valence-corrected chi connectivity index (χ2v) is 7.48. The van der Waals surface area contributed by atoms with Crippen molar-refractivity contribution in [1.82, 2.24) is 20.2 Å². The third-order valence-electron chi connectivity index (χ3n) is 5.63. The highest BCUT2D eigenvalue weighted by Gasteiger charge is 2.24. The predicted molar refractivity (Wildman–Crippen MR) is 120 cm³/mol. The number of piperazine rings is 1. The number of ether oxygens (including phenoxy) is 2. The Morgan fingerprint density at radius 3 is 2.35 bits per heavy atom. The topological polar surface area (TPSA) is 79.8 Å². The lowest BCUT2D eigenvalue weighted by Gasteiger charge is -2.36. The quantitative estimate of drug-likeness (QED) is 0.681. The van der Waals surface area contributed by atoms with E-state index in [1.54, 1.807) is 20.5 Å². The smallest absolute Gasteiger partial charge is 0.317 e. The number of anilines is 1. The summed E-state index contributed by atoms with van der Waals surface area (Å²) in [5.41, 5.74) is 1.88. The highest BCUT2D eigenvalue weighted by molar-refractivity contribution is 5.92. The number of rotatable bonds is 5. The average molecular weight is 422 g/mol. The molecule has 2 amide bonds. The van der Waals surface area contributed by atoms with Crippen LogP contribution in [0.4, 0.5) is 10.6 Å². The molecule has 1 fully saturated rings. The molecular formula is C23H27N5O3. The van der Waals surface area contributed by atoms with Crippen molar-refractivity contribution in [1.29, 1.82) is 0 Å². The number of carbonyl (C=O) groups excluding carboxylic acids is 1. The molecule has 162 valence electrons. The first-order valence-corrected chi connectivity index (χ1v) is 10.3. The summed E-state index contributed by atoms with van der Waals surface area (Å²) >= 11 is 0. The summed E-state index contributed by atoms with van der Waals surface area (Å²) in [5.74, 6) is 2.11. The van der Waals surface area contributed by atoms with Gasteiger partial charge in [0.15, 0.2) is 11.5 Å². The van der Waals surface area contributed by atoms with Gasteiger partial charge in [-0.25, -0.2) is 14.8 Å². The van der Waals surface area contributed by atoms with Gasteiger partial charge in [0, 0.05) is 37.6 Å². The molecule has 1 atom stereocenters. The summed E-state index contributed by atoms with van der Waals surface area (Å²) in [6, 6.07) is 13.6. The molecule has 3 aromatic rings. The Labute approximate surface area is 181 Å². The highest BCUT2D eigenvalue weighted by atomic mass is 16.5. The number of urea groups is 1. The molecule has 0 saturated carbocycles. The lowest BCUT2D eigenvalue weighted by Crippen LogP contribution is -2.52. The Balaban J connectivity index is 1.45. The molecule has 2 heterocycles. The van der Waals surface area contributed by atoms with E-state index in [1.807, 2.05) is 54.3 Å². The van der Waals surface area contributed by atoms with Gasteiger partial charge in [0.1, 0.15) is 12.1 Å². The standard InChI is InChI=1S/C23H27N5O3/c1-16(17-7-5-4-6-8-17)26-23(29)28-11-9-27(10-12-28)22-18-13-20(30-2)21(31-3)14-19(18)24-15-25-22/h4-8,13-16H,9-12H2,1-3H3,(H,26,29). The molecule has 8 heteroatoms. The van der Waals surface area contributed by atoms with E-state index in [1.165, 1.54) is 0 Å². The third-order valence-corrected chi connectivity index (χ3v) is 5.63. The lowest BCUT2D eigenvalue weighted by atomic mass is 10.1. The molecule has 0 spiro atoms. The average Bonchev–Trinajstić information content (AvgIpc) is 2.83. The maximum absolute atomic E-state index is 12.7. The van der Waals surface area contributed by atoms with Crippen LogP contribution in [0.2, 0.25) is 0 Å². The van der Waals surface area contributed by atoms with Crippen LogP contribution in [0.25, 0.3) is 10.9 Å². The van der Waals surface area contributed by atoms with Crippen LogP contribution in [0.5, 0.6) is 11.5 Å². The van der Waals surface area contributed by atoms with Gasteiger partial charge in [-0.05, 0) is 18.6 Å². The summed E-state index contributed by atoms with van der Waals surface area (Å²) in [6.07, 6.45) is 1.56. The van der Waals surface area contributed by atoms with Crippen LogP contribution in [0, 0.1) is 0 Å². The Bertz CT molecular complexity index is 1050. The number of nitrogens with zero attached hydrogens (tertiary/aromatic N) is 4. The van der Waals surface area contributed by atoms with E-state index < -0.39 is 0 Å². The maximum Gasteiger partial charge on any atom is 0.317 e. The second kappa shape index (κ2) is 9.07. The van der Waals surface area contributed by atoms with Gasteiger partial charge < -0.3 is 24.6 Å². The molecule has 2 aromatic carbocycles. The van der Waals surface area contributed by atoms with E-state index in [0.29, 0.717) is 37.7 Å². The molecule has 8 nitrogen and oxygen atoms in total. The van der Waals surface area contributed by atoms with Crippen molar-refractivity contribution in [2.45, 2.75) is 13.0 Å². The minimum Gasteiger partial charge on any atom is -0.493 e. The van der Waals surface area contributed by atoms with Crippen LogP contribution in [0.15, 0.2) is 48.8 Å². The molecular weight excluding hydrogens is 394 g/mol. The largest absolute Gasteiger partial charge is 0.493 e. The van der Waals surface area contributed by atoms with Crippen LogP contribution in [0.3, 0.4) is 0 Å². The minimum absolute atomic E-state index is 0.0417. The van der Waals surface area contributed by atoms with Crippen LogP contribution >= 0.6 is 0 Å². The van der Waals surface area contributed by atoms with E-state index in [-0.39, 0.29) is 12.1 Å². The molecule has 1 saturated heterocycles. The molecule has 0 aliphatic carbocycles. The summed E-state index contributed by atoms with van der Waals surface area (Å²) in [5, 5.41) is 3.99. The molecule has 0 radical (unpaired) electrons. The second-order valence-electron chi connectivity index (χ2n) is 7.48. The monoisotopic (exact) mass is 421 g/mol. The van der Waals surface area contributed by atoms with Crippen molar-refractivity contribution in [2.24, 2.45) is 0 Å². The van der Waals surface area contributed by atoms with Gasteiger partial charge in [0.05, 0.1) is 25.8 Å². The van der Waals surface area contributed by atoms with Gasteiger partial charge in [0.2, 0.25) is 0 Å². The molecule has 4 rings (SSSR count). The Morgan fingerprint density at radius 1 is 1.00 bits per heavy atom. The van der Waals surface area contributed by atoms with E-state index in [2.05, 4.69) is 20.2 Å². The fourth-order valence-corrected chi connectivity index (χ4v) is 3.84. The number of hydrogen-bond donors (Lipinski definition) is 1. The van der Waals surface area contributed by atoms with Crippen LogP contribution in [0.1, 0.15) is 18.5 Å². The van der Waals surface area contributed by atoms with Gasteiger partial charge in [-0.15, -0.1) is 0 Å². The van der Waals surface area contributed by atoms with Gasteiger partial charge in [-0.2, -0.15) is 0 Å². The van der Waals surface area contributed by atoms with Crippen molar-refractivity contribution in [3.63, 3.8) is 0 Å². The summed E-state index contributed by atoms with van der Waals surface area (Å²) in [6.45, 7) is 4.61. The number of hydrogen-bond acceptors (Lipinski definition) is 6. The van der Waals surface area contributed by atoms with Crippen LogP contribution in [-0.4, -0.2) is 61.3 Å². The molecule has 1 unspecified atom stereocenters. The number of methoxy groups -OCH3 is 2. The van der Waals surface area contributed by atoms with Crippen molar-refractivity contribution in [3.05, 3.63) is 54.4 Å². The summed E-state index contributed by atoms with van der Waals surface area (Å²) < 4.78 is 10.8. The van der Waals surface area contributed by atoms with Crippen molar-refractivity contribution < 1.29 is 14.3 Å². The Kier molecular flexibility index (Phi) is 6.06. The van der Waals surface area contributed by atoms with Crippen molar-refractivity contribution >= 4 is 22.8 Å². The van der Waals surface area contributed by atoms with Gasteiger partial charge in [-0.3, -0.25) is 0 Å². The number of amides is 2. The summed E-state index contributed by atoms with van der Waals surface area (Å²) in [7, 11) is 3.22. The number of benzene rings is 2. The number of fused-ring (bicyclic) bond motifs is 1. The number of nitrogens with one attached hydrogen (secondary N) is 1. The Morgan fingerprint density at radius 2 is 1.68 bits per heavy atom. The predicted octanol–water partition coefficient (Wildman–Crippen LogP) is 3.24. The Hall–Kier alpha value is -3.55. The third kappa shape index (κ3) is 4.33. The first kappa shape index (κ1) is 20.7. The van der Waals surface area contributed by atoms with Gasteiger partial charge >= 0.3 is 6.03 Å². The molecule has 1 N–H and O–H groups in total. The minimum atomic E-state index is -0.0463. The van der Waals surface area contributed by atoms with Gasteiger partial charge in [-0.1, -0.05) is 30.3 Å². The molecule has 31 heavy (non-hydrogen) atoms. The highest BCUT2D eigenvalue weighted by Crippen LogP contribution is 2.34. The van der Waals surface area contributed by atoms with E-state index >= 15 is 0 Å². The molecule has 1 aliphatic heterocycles. The van der Waals surface area contributed by atoms with Crippen LogP contribution in [-0.2, 0) is 0 Å². The normalized spacial score (nSPS) is 14.9. The molecule has 1 aliphatic rings. The fraction of sp³-hybridized carbons (Fsp3) is 0.348. The number of aromatic nitrogens is 2. The SMILES string of the molecule is COc1cc2ncnc(N3CCN(C(=O)NC(C)c4ccccc4)CC3)c2cc1OC. The summed E-state index contributed by atoms with van der Waals surface area (Å²) in [4.78, 5) is 25.7.